The van der Waals surface area contributed by atoms with E-state index in [2.05, 4.69) is 19.9 Å². The first-order chi connectivity index (χ1) is 10.2. The molecule has 0 unspecified atom stereocenters. The third kappa shape index (κ3) is 6.30. The van der Waals surface area contributed by atoms with Gasteiger partial charge in [-0.25, -0.2) is 0 Å². The minimum atomic E-state index is 0.231. The van der Waals surface area contributed by atoms with Crippen LogP contribution >= 0.6 is 0 Å². The summed E-state index contributed by atoms with van der Waals surface area (Å²) in [5, 5.41) is 0. The third-order valence-electron chi connectivity index (χ3n) is 3.79. The van der Waals surface area contributed by atoms with E-state index in [1.807, 2.05) is 23.1 Å². The highest BCUT2D eigenvalue weighted by Crippen LogP contribution is 2.21. The number of rotatable bonds is 10. The van der Waals surface area contributed by atoms with Crippen LogP contribution in [0.1, 0.15) is 57.4 Å². The van der Waals surface area contributed by atoms with Crippen molar-refractivity contribution in [3.63, 3.8) is 0 Å². The van der Waals surface area contributed by atoms with E-state index in [4.69, 9.17) is 5.73 Å². The highest BCUT2D eigenvalue weighted by molar-refractivity contribution is 5.94. The number of anilines is 1. The van der Waals surface area contributed by atoms with Crippen LogP contribution in [0, 0.1) is 6.92 Å². The Morgan fingerprint density at radius 1 is 1.10 bits per heavy atom. The summed E-state index contributed by atoms with van der Waals surface area (Å²) in [5.41, 5.74) is 7.79. The molecule has 0 saturated heterocycles. The van der Waals surface area contributed by atoms with Crippen molar-refractivity contribution in [1.29, 1.82) is 0 Å². The van der Waals surface area contributed by atoms with E-state index in [0.717, 1.165) is 37.1 Å². The first kappa shape index (κ1) is 17.7. The summed E-state index contributed by atoms with van der Waals surface area (Å²) in [6, 6.07) is 8.08. The fourth-order valence-corrected chi connectivity index (χ4v) is 2.51. The molecule has 0 aromatic heterocycles. The van der Waals surface area contributed by atoms with E-state index in [9.17, 15) is 4.79 Å². The standard InChI is InChI=1S/C18H30N2O/c1-3-4-5-6-7-13-18(21)20(15-10-14-19)17-12-9-8-11-16(17)2/h8-9,11-12H,3-7,10,13-15,19H2,1-2H3. The summed E-state index contributed by atoms with van der Waals surface area (Å²) >= 11 is 0. The van der Waals surface area contributed by atoms with Crippen molar-refractivity contribution in [2.75, 3.05) is 18.0 Å². The summed E-state index contributed by atoms with van der Waals surface area (Å²) in [6.45, 7) is 5.60. The third-order valence-corrected chi connectivity index (χ3v) is 3.79. The Balaban J connectivity index is 2.60. The number of aryl methyl sites for hydroxylation is 1. The molecule has 0 aliphatic rings. The van der Waals surface area contributed by atoms with E-state index in [1.54, 1.807) is 0 Å². The van der Waals surface area contributed by atoms with E-state index in [1.165, 1.54) is 19.3 Å². The van der Waals surface area contributed by atoms with Gasteiger partial charge in [-0.1, -0.05) is 50.8 Å². The lowest BCUT2D eigenvalue weighted by atomic mass is 10.1. The van der Waals surface area contributed by atoms with Gasteiger partial charge in [0.2, 0.25) is 5.91 Å². The summed E-state index contributed by atoms with van der Waals surface area (Å²) < 4.78 is 0. The molecule has 0 heterocycles. The fourth-order valence-electron chi connectivity index (χ4n) is 2.51. The van der Waals surface area contributed by atoms with Crippen molar-refractivity contribution in [3.05, 3.63) is 29.8 Å². The highest BCUT2D eigenvalue weighted by Gasteiger charge is 2.16. The van der Waals surface area contributed by atoms with Crippen LogP contribution in [0.15, 0.2) is 24.3 Å². The molecule has 3 heteroatoms. The van der Waals surface area contributed by atoms with Gasteiger partial charge in [-0.15, -0.1) is 0 Å². The van der Waals surface area contributed by atoms with Gasteiger partial charge in [-0.2, -0.15) is 0 Å². The zero-order chi connectivity index (χ0) is 15.5. The molecule has 0 atom stereocenters. The Bertz CT molecular complexity index is 417. The molecule has 0 bridgehead atoms. The Kier molecular flexibility index (Phi) is 8.76. The number of nitrogens with zero attached hydrogens (tertiary/aromatic N) is 1. The summed E-state index contributed by atoms with van der Waals surface area (Å²) in [4.78, 5) is 14.4. The molecule has 1 rings (SSSR count). The largest absolute Gasteiger partial charge is 0.330 e. The van der Waals surface area contributed by atoms with Gasteiger partial charge in [0.05, 0.1) is 0 Å². The second-order valence-electron chi connectivity index (χ2n) is 5.64. The highest BCUT2D eigenvalue weighted by atomic mass is 16.2. The first-order valence-corrected chi connectivity index (χ1v) is 8.26. The van der Waals surface area contributed by atoms with Crippen LogP contribution in [-0.4, -0.2) is 19.0 Å². The Labute approximate surface area is 129 Å². The van der Waals surface area contributed by atoms with Crippen LogP contribution in [0.4, 0.5) is 5.69 Å². The predicted octanol–water partition coefficient (Wildman–Crippen LogP) is 4.04. The molecule has 1 aromatic carbocycles. The second kappa shape index (κ2) is 10.4. The zero-order valence-corrected chi connectivity index (χ0v) is 13.6. The number of carbonyl (C=O) groups is 1. The summed E-state index contributed by atoms with van der Waals surface area (Å²) in [7, 11) is 0. The molecule has 2 N–H and O–H groups in total. The van der Waals surface area contributed by atoms with Gasteiger partial charge in [0.15, 0.2) is 0 Å². The predicted molar refractivity (Wildman–Crippen MR) is 90.6 cm³/mol. The van der Waals surface area contributed by atoms with Gasteiger partial charge < -0.3 is 10.6 Å². The average Bonchev–Trinajstić information content (AvgIpc) is 2.49. The Morgan fingerprint density at radius 3 is 2.48 bits per heavy atom. The first-order valence-electron chi connectivity index (χ1n) is 8.26. The number of unbranched alkanes of at least 4 members (excludes halogenated alkanes) is 4. The number of hydrogen-bond acceptors (Lipinski definition) is 2. The van der Waals surface area contributed by atoms with E-state index < -0.39 is 0 Å². The minimum absolute atomic E-state index is 0.231. The molecular weight excluding hydrogens is 260 g/mol. The Morgan fingerprint density at radius 2 is 1.81 bits per heavy atom. The number of amides is 1. The molecule has 1 aromatic rings. The Hall–Kier alpha value is -1.35. The van der Waals surface area contributed by atoms with Crippen LogP contribution in [-0.2, 0) is 4.79 Å². The summed E-state index contributed by atoms with van der Waals surface area (Å²) in [6.07, 6.45) is 7.36. The van der Waals surface area contributed by atoms with E-state index in [-0.39, 0.29) is 5.91 Å². The molecule has 3 nitrogen and oxygen atoms in total. The topological polar surface area (TPSA) is 46.3 Å². The van der Waals surface area contributed by atoms with E-state index >= 15 is 0 Å². The molecule has 0 aliphatic carbocycles. The number of carbonyl (C=O) groups excluding carboxylic acids is 1. The quantitative estimate of drug-likeness (QED) is 0.661. The number of benzene rings is 1. The normalized spacial score (nSPS) is 10.6. The van der Waals surface area contributed by atoms with Crippen LogP contribution in [0.2, 0.25) is 0 Å². The molecular formula is C18H30N2O. The van der Waals surface area contributed by atoms with Crippen molar-refractivity contribution >= 4 is 11.6 Å². The monoisotopic (exact) mass is 290 g/mol. The van der Waals surface area contributed by atoms with Crippen LogP contribution in [0.25, 0.3) is 0 Å². The van der Waals surface area contributed by atoms with Crippen molar-refractivity contribution in [2.24, 2.45) is 5.73 Å². The molecule has 0 radical (unpaired) electrons. The van der Waals surface area contributed by atoms with Crippen molar-refractivity contribution in [2.45, 2.75) is 58.8 Å². The van der Waals surface area contributed by atoms with Gasteiger partial charge in [0.1, 0.15) is 0 Å². The maximum absolute atomic E-state index is 12.5. The van der Waals surface area contributed by atoms with Gasteiger partial charge in [-0.05, 0) is 37.9 Å². The van der Waals surface area contributed by atoms with E-state index in [0.29, 0.717) is 13.0 Å². The summed E-state index contributed by atoms with van der Waals surface area (Å²) in [5.74, 6) is 0.231. The molecule has 1 amide bonds. The maximum atomic E-state index is 12.5. The van der Waals surface area contributed by atoms with Gasteiger partial charge >= 0.3 is 0 Å². The molecule has 0 fully saturated rings. The van der Waals surface area contributed by atoms with Gasteiger partial charge in [0.25, 0.3) is 0 Å². The number of nitrogens with two attached hydrogens (primary N) is 1. The number of hydrogen-bond donors (Lipinski definition) is 1. The molecule has 118 valence electrons. The molecule has 0 spiro atoms. The molecule has 0 saturated carbocycles. The smallest absolute Gasteiger partial charge is 0.226 e. The van der Waals surface area contributed by atoms with Crippen LogP contribution in [0.3, 0.4) is 0 Å². The SMILES string of the molecule is CCCCCCCC(=O)N(CCCN)c1ccccc1C. The van der Waals surface area contributed by atoms with Gasteiger partial charge in [0, 0.05) is 18.7 Å². The number of para-hydroxylation sites is 1. The minimum Gasteiger partial charge on any atom is -0.330 e. The van der Waals surface area contributed by atoms with Crippen LogP contribution in [0.5, 0.6) is 0 Å². The molecule has 21 heavy (non-hydrogen) atoms. The maximum Gasteiger partial charge on any atom is 0.226 e. The van der Waals surface area contributed by atoms with Crippen molar-refractivity contribution in [3.8, 4) is 0 Å². The van der Waals surface area contributed by atoms with Crippen molar-refractivity contribution < 1.29 is 4.79 Å². The second-order valence-corrected chi connectivity index (χ2v) is 5.64. The lowest BCUT2D eigenvalue weighted by molar-refractivity contribution is -0.118. The zero-order valence-electron chi connectivity index (χ0n) is 13.6. The van der Waals surface area contributed by atoms with Gasteiger partial charge in [-0.3, -0.25) is 4.79 Å². The van der Waals surface area contributed by atoms with Crippen molar-refractivity contribution in [1.82, 2.24) is 0 Å². The lowest BCUT2D eigenvalue weighted by Crippen LogP contribution is -2.33. The molecule has 0 aliphatic heterocycles. The lowest BCUT2D eigenvalue weighted by Gasteiger charge is -2.24. The fraction of sp³-hybridized carbons (Fsp3) is 0.611. The average molecular weight is 290 g/mol. The van der Waals surface area contributed by atoms with Crippen LogP contribution < -0.4 is 10.6 Å².